The number of rotatable bonds is 5. The van der Waals surface area contributed by atoms with Crippen LogP contribution in [0.3, 0.4) is 0 Å². The highest BCUT2D eigenvalue weighted by Crippen LogP contribution is 2.37. The number of benzene rings is 1. The van der Waals surface area contributed by atoms with Gasteiger partial charge in [-0.2, -0.15) is 5.10 Å². The zero-order valence-corrected chi connectivity index (χ0v) is 18.6. The predicted octanol–water partition coefficient (Wildman–Crippen LogP) is 3.65. The monoisotopic (exact) mass is 464 g/mol. The molecule has 5 rings (SSSR count). The van der Waals surface area contributed by atoms with Gasteiger partial charge in [-0.25, -0.2) is 28.4 Å². The predicted molar refractivity (Wildman–Crippen MR) is 120 cm³/mol. The van der Waals surface area contributed by atoms with E-state index in [2.05, 4.69) is 20.1 Å². The number of halogens is 2. The Hall–Kier alpha value is -3.92. The maximum Gasteiger partial charge on any atom is 0.238 e. The molecule has 1 aliphatic rings. The van der Waals surface area contributed by atoms with Crippen molar-refractivity contribution in [3.63, 3.8) is 0 Å². The lowest BCUT2D eigenvalue weighted by molar-refractivity contribution is 0.0391. The Labute approximate surface area is 194 Å². The topological polar surface area (TPSA) is 90.9 Å². The molecule has 8 nitrogen and oxygen atoms in total. The van der Waals surface area contributed by atoms with Crippen molar-refractivity contribution in [1.29, 1.82) is 0 Å². The largest absolute Gasteiger partial charge is 0.479 e. The summed E-state index contributed by atoms with van der Waals surface area (Å²) in [5.41, 5.74) is 0.947. The summed E-state index contributed by atoms with van der Waals surface area (Å²) in [6.45, 7) is 2.46. The normalized spacial score (nSPS) is 17.8. The molecule has 34 heavy (non-hydrogen) atoms. The van der Waals surface area contributed by atoms with Gasteiger partial charge in [0.05, 0.1) is 24.8 Å². The quantitative estimate of drug-likeness (QED) is 0.485. The van der Waals surface area contributed by atoms with Gasteiger partial charge < -0.3 is 14.4 Å². The van der Waals surface area contributed by atoms with E-state index in [0.717, 1.165) is 23.5 Å². The number of aliphatic hydroxyl groups is 1. The molecule has 1 unspecified atom stereocenters. The van der Waals surface area contributed by atoms with Crippen LogP contribution >= 0.6 is 0 Å². The molecule has 10 heteroatoms. The molecule has 174 valence electrons. The van der Waals surface area contributed by atoms with Gasteiger partial charge in [-0.05, 0) is 61.7 Å². The van der Waals surface area contributed by atoms with Crippen LogP contribution in [-0.4, -0.2) is 41.5 Å². The van der Waals surface area contributed by atoms with Crippen LogP contribution in [0.15, 0.2) is 42.9 Å². The van der Waals surface area contributed by atoms with E-state index in [-0.39, 0.29) is 5.56 Å². The average Bonchev–Trinajstić information content (AvgIpc) is 3.46. The lowest BCUT2D eigenvalue weighted by atomic mass is 9.86. The van der Waals surface area contributed by atoms with Gasteiger partial charge in [0, 0.05) is 12.7 Å². The molecule has 0 fully saturated rings. The Morgan fingerprint density at radius 1 is 1.12 bits per heavy atom. The molecular formula is C24H22F2N6O2. The third kappa shape index (κ3) is 3.86. The number of nitrogens with zero attached hydrogens (tertiary/aromatic N) is 6. The fourth-order valence-electron chi connectivity index (χ4n) is 4.12. The second kappa shape index (κ2) is 8.45. The molecule has 0 amide bonds. The molecule has 3 aromatic heterocycles. The minimum absolute atomic E-state index is 0.243. The van der Waals surface area contributed by atoms with Crippen molar-refractivity contribution >= 4 is 12.2 Å². The Kier molecular flexibility index (Phi) is 5.45. The first-order valence-electron chi connectivity index (χ1n) is 10.7. The number of pyridine rings is 1. The molecule has 0 aliphatic carbocycles. The molecule has 4 aromatic rings. The van der Waals surface area contributed by atoms with Crippen LogP contribution in [0.5, 0.6) is 5.88 Å². The summed E-state index contributed by atoms with van der Waals surface area (Å²) in [4.78, 5) is 13.2. The van der Waals surface area contributed by atoms with Crippen LogP contribution in [0.2, 0.25) is 0 Å². The standard InChI is InChI=1S/C24H22F2N6O2/c1-15-13-31(14-27-15)20-8-5-17(28-22(20)34-2)6-9-21-29-23-24(33,10-3-11-32(23)30-21)16-4-7-18(25)19(26)12-16/h4-9,12-14,33H,3,10-11H2,1-2H3/b9-6+. The van der Waals surface area contributed by atoms with Gasteiger partial charge in [0.2, 0.25) is 5.88 Å². The molecule has 0 spiro atoms. The number of methoxy groups -OCH3 is 1. The highest BCUT2D eigenvalue weighted by molar-refractivity contribution is 5.65. The lowest BCUT2D eigenvalue weighted by Crippen LogP contribution is -2.35. The summed E-state index contributed by atoms with van der Waals surface area (Å²) in [5.74, 6) is -0.888. The van der Waals surface area contributed by atoms with Gasteiger partial charge in [0.25, 0.3) is 0 Å². The fourth-order valence-corrected chi connectivity index (χ4v) is 4.12. The zero-order chi connectivity index (χ0) is 23.9. The summed E-state index contributed by atoms with van der Waals surface area (Å²) in [6, 6.07) is 7.09. The summed E-state index contributed by atoms with van der Waals surface area (Å²) in [7, 11) is 1.55. The van der Waals surface area contributed by atoms with Crippen molar-refractivity contribution in [2.24, 2.45) is 0 Å². The van der Waals surface area contributed by atoms with Crippen LogP contribution in [0, 0.1) is 18.6 Å². The minimum atomic E-state index is -1.56. The van der Waals surface area contributed by atoms with E-state index >= 15 is 0 Å². The Balaban J connectivity index is 1.44. The molecule has 1 atom stereocenters. The SMILES string of the molecule is COc1nc(/C=C/c2nc3n(n2)CCCC3(O)c2ccc(F)c(F)c2)ccc1-n1cnc(C)c1. The van der Waals surface area contributed by atoms with Crippen LogP contribution in [0.1, 0.15) is 41.4 Å². The van der Waals surface area contributed by atoms with Gasteiger partial charge in [-0.3, -0.25) is 0 Å². The van der Waals surface area contributed by atoms with Crippen molar-refractivity contribution in [3.05, 3.63) is 83.1 Å². The average molecular weight is 464 g/mol. The smallest absolute Gasteiger partial charge is 0.238 e. The van der Waals surface area contributed by atoms with Gasteiger partial charge in [0.15, 0.2) is 23.3 Å². The summed E-state index contributed by atoms with van der Waals surface area (Å²) in [6.07, 6.45) is 7.93. The maximum absolute atomic E-state index is 13.8. The number of fused-ring (bicyclic) bond motifs is 1. The van der Waals surface area contributed by atoms with Crippen LogP contribution in [-0.2, 0) is 12.1 Å². The molecule has 4 heterocycles. The number of imidazole rings is 1. The second-order valence-corrected chi connectivity index (χ2v) is 8.13. The first kappa shape index (κ1) is 21.9. The Bertz CT molecular complexity index is 1400. The van der Waals surface area contributed by atoms with Crippen molar-refractivity contribution in [1.82, 2.24) is 29.3 Å². The molecule has 0 bridgehead atoms. The second-order valence-electron chi connectivity index (χ2n) is 8.13. The number of hydrogen-bond acceptors (Lipinski definition) is 6. The van der Waals surface area contributed by atoms with E-state index in [1.165, 1.54) is 6.07 Å². The van der Waals surface area contributed by atoms with Crippen molar-refractivity contribution in [2.45, 2.75) is 31.9 Å². The fraction of sp³-hybridized carbons (Fsp3) is 0.250. The summed E-state index contributed by atoms with van der Waals surface area (Å²) < 4.78 is 36.1. The van der Waals surface area contributed by atoms with Gasteiger partial charge >= 0.3 is 0 Å². The van der Waals surface area contributed by atoms with Crippen molar-refractivity contribution in [3.8, 4) is 11.6 Å². The zero-order valence-electron chi connectivity index (χ0n) is 18.6. The van der Waals surface area contributed by atoms with Crippen LogP contribution < -0.4 is 4.74 Å². The highest BCUT2D eigenvalue weighted by atomic mass is 19.2. The van der Waals surface area contributed by atoms with Crippen LogP contribution in [0.4, 0.5) is 8.78 Å². The summed E-state index contributed by atoms with van der Waals surface area (Å²) in [5, 5.41) is 15.8. The van der Waals surface area contributed by atoms with E-state index in [1.807, 2.05) is 29.8 Å². The van der Waals surface area contributed by atoms with Gasteiger partial charge in [-0.1, -0.05) is 6.07 Å². The Morgan fingerprint density at radius 2 is 1.97 bits per heavy atom. The number of aryl methyl sites for hydroxylation is 2. The van der Waals surface area contributed by atoms with Crippen molar-refractivity contribution < 1.29 is 18.6 Å². The number of aromatic nitrogens is 6. The molecule has 1 N–H and O–H groups in total. The summed E-state index contributed by atoms with van der Waals surface area (Å²) >= 11 is 0. The number of hydrogen-bond donors (Lipinski definition) is 1. The van der Waals surface area contributed by atoms with Crippen molar-refractivity contribution in [2.75, 3.05) is 7.11 Å². The van der Waals surface area contributed by atoms with E-state index in [9.17, 15) is 13.9 Å². The van der Waals surface area contributed by atoms with E-state index in [0.29, 0.717) is 42.6 Å². The highest BCUT2D eigenvalue weighted by Gasteiger charge is 2.40. The first-order chi connectivity index (χ1) is 16.4. The van der Waals surface area contributed by atoms with E-state index < -0.39 is 17.2 Å². The van der Waals surface area contributed by atoms with Crippen LogP contribution in [0.25, 0.3) is 17.8 Å². The molecular weight excluding hydrogens is 442 g/mol. The molecule has 1 aliphatic heterocycles. The Morgan fingerprint density at radius 3 is 2.71 bits per heavy atom. The maximum atomic E-state index is 13.8. The minimum Gasteiger partial charge on any atom is -0.479 e. The van der Waals surface area contributed by atoms with Gasteiger partial charge in [0.1, 0.15) is 11.3 Å². The molecule has 0 saturated carbocycles. The first-order valence-corrected chi connectivity index (χ1v) is 10.7. The molecule has 0 saturated heterocycles. The third-order valence-corrected chi connectivity index (χ3v) is 5.81. The lowest BCUT2D eigenvalue weighted by Gasteiger charge is -2.31. The molecule has 0 radical (unpaired) electrons. The van der Waals surface area contributed by atoms with E-state index in [4.69, 9.17) is 4.74 Å². The third-order valence-electron chi connectivity index (χ3n) is 5.81. The molecule has 1 aromatic carbocycles. The van der Waals surface area contributed by atoms with Gasteiger partial charge in [-0.15, -0.1) is 0 Å². The number of ether oxygens (including phenoxy) is 1. The van der Waals surface area contributed by atoms with E-state index in [1.54, 1.807) is 30.3 Å².